The normalized spacial score (nSPS) is 10.3. The third-order valence-electron chi connectivity index (χ3n) is 4.13. The fraction of sp³-hybridized carbons (Fsp3) is 0.130. The molecule has 0 saturated carbocycles. The third-order valence-corrected chi connectivity index (χ3v) is 4.37. The van der Waals surface area contributed by atoms with Crippen LogP contribution in [0.25, 0.3) is 0 Å². The Morgan fingerprint density at radius 1 is 0.821 bits per heavy atom. The van der Waals surface area contributed by atoms with Gasteiger partial charge in [0.15, 0.2) is 0 Å². The van der Waals surface area contributed by atoms with Gasteiger partial charge < -0.3 is 10.1 Å². The van der Waals surface area contributed by atoms with Crippen LogP contribution in [0.1, 0.15) is 16.7 Å². The molecule has 0 unspecified atom stereocenters. The van der Waals surface area contributed by atoms with E-state index >= 15 is 0 Å². The molecule has 0 heterocycles. The minimum atomic E-state index is -0.331. The van der Waals surface area contributed by atoms with E-state index in [0.29, 0.717) is 16.3 Å². The van der Waals surface area contributed by atoms with Crippen molar-refractivity contribution in [3.8, 4) is 0 Å². The summed E-state index contributed by atoms with van der Waals surface area (Å²) < 4.78 is 5.38. The van der Waals surface area contributed by atoms with Crippen molar-refractivity contribution in [2.24, 2.45) is 0 Å². The number of hydrogen-bond acceptors (Lipinski definition) is 3. The maximum atomic E-state index is 12.4. The fourth-order valence-electron chi connectivity index (χ4n) is 2.74. The zero-order chi connectivity index (χ0) is 19.8. The molecule has 0 atom stereocenters. The average molecular weight is 394 g/mol. The summed E-state index contributed by atoms with van der Waals surface area (Å²) in [6.45, 7) is 0.0593. The summed E-state index contributed by atoms with van der Waals surface area (Å²) in [4.78, 5) is 24.5. The maximum absolute atomic E-state index is 12.4. The predicted octanol–water partition coefficient (Wildman–Crippen LogP) is 4.81. The molecule has 0 aliphatic heterocycles. The van der Waals surface area contributed by atoms with Gasteiger partial charge in [-0.05, 0) is 23.3 Å². The second-order valence-corrected chi connectivity index (χ2v) is 6.77. The van der Waals surface area contributed by atoms with E-state index in [-0.39, 0.29) is 31.3 Å². The van der Waals surface area contributed by atoms with E-state index < -0.39 is 0 Å². The van der Waals surface area contributed by atoms with Crippen LogP contribution in [0.15, 0.2) is 78.9 Å². The second-order valence-electron chi connectivity index (χ2n) is 6.34. The molecule has 0 bridgehead atoms. The number of hydrogen-bond donors (Lipinski definition) is 1. The molecule has 0 aliphatic rings. The van der Waals surface area contributed by atoms with Crippen molar-refractivity contribution in [1.29, 1.82) is 0 Å². The van der Waals surface area contributed by atoms with Gasteiger partial charge >= 0.3 is 5.97 Å². The summed E-state index contributed by atoms with van der Waals surface area (Å²) in [5.74, 6) is -0.493. The third kappa shape index (κ3) is 5.96. The van der Waals surface area contributed by atoms with Crippen molar-refractivity contribution in [3.63, 3.8) is 0 Å². The molecule has 1 N–H and O–H groups in total. The van der Waals surface area contributed by atoms with E-state index in [2.05, 4.69) is 5.32 Å². The molecule has 3 rings (SSSR count). The topological polar surface area (TPSA) is 55.4 Å². The number of nitrogens with one attached hydrogen (secondary N) is 1. The Labute approximate surface area is 169 Å². The van der Waals surface area contributed by atoms with Crippen LogP contribution in [0.5, 0.6) is 0 Å². The smallest absolute Gasteiger partial charge is 0.310 e. The first-order valence-corrected chi connectivity index (χ1v) is 9.30. The highest BCUT2D eigenvalue weighted by molar-refractivity contribution is 6.31. The lowest BCUT2D eigenvalue weighted by atomic mass is 10.1. The lowest BCUT2D eigenvalue weighted by Gasteiger charge is -2.12. The van der Waals surface area contributed by atoms with Gasteiger partial charge in [-0.15, -0.1) is 0 Å². The van der Waals surface area contributed by atoms with Crippen molar-refractivity contribution < 1.29 is 14.3 Å². The lowest BCUT2D eigenvalue weighted by molar-refractivity contribution is -0.144. The molecule has 0 fully saturated rings. The number of anilines is 1. The molecule has 1 amide bonds. The van der Waals surface area contributed by atoms with Crippen molar-refractivity contribution in [3.05, 3.63) is 101 Å². The minimum absolute atomic E-state index is 0.0593. The number of carbonyl (C=O) groups is 2. The van der Waals surface area contributed by atoms with Gasteiger partial charge in [0, 0.05) is 16.3 Å². The Kier molecular flexibility index (Phi) is 6.82. The number of benzene rings is 3. The van der Waals surface area contributed by atoms with E-state index in [0.717, 1.165) is 11.1 Å². The number of halogens is 1. The van der Waals surface area contributed by atoms with Crippen LogP contribution >= 0.6 is 11.6 Å². The maximum Gasteiger partial charge on any atom is 0.310 e. The van der Waals surface area contributed by atoms with Gasteiger partial charge in [-0.1, -0.05) is 78.3 Å². The fourth-order valence-corrected chi connectivity index (χ4v) is 2.91. The van der Waals surface area contributed by atoms with Gasteiger partial charge in [-0.3, -0.25) is 9.59 Å². The molecule has 3 aromatic carbocycles. The number of carbonyl (C=O) groups excluding carboxylic acids is 2. The van der Waals surface area contributed by atoms with E-state index in [4.69, 9.17) is 16.3 Å². The Hall–Kier alpha value is -3.11. The van der Waals surface area contributed by atoms with Crippen LogP contribution < -0.4 is 5.32 Å². The first-order valence-electron chi connectivity index (χ1n) is 8.92. The highest BCUT2D eigenvalue weighted by Crippen LogP contribution is 2.22. The first kappa shape index (κ1) is 19.6. The van der Waals surface area contributed by atoms with Gasteiger partial charge in [0.05, 0.1) is 12.8 Å². The van der Waals surface area contributed by atoms with E-state index in [1.165, 1.54) is 0 Å². The molecule has 0 radical (unpaired) electrons. The Balaban J connectivity index is 1.62. The van der Waals surface area contributed by atoms with Crippen LogP contribution in [0.4, 0.5) is 5.69 Å². The van der Waals surface area contributed by atoms with E-state index in [9.17, 15) is 9.59 Å². The highest BCUT2D eigenvalue weighted by atomic mass is 35.5. The summed E-state index contributed by atoms with van der Waals surface area (Å²) in [5.41, 5.74) is 3.03. The van der Waals surface area contributed by atoms with Crippen molar-refractivity contribution in [1.82, 2.24) is 0 Å². The van der Waals surface area contributed by atoms with E-state index in [1.54, 1.807) is 18.2 Å². The zero-order valence-electron chi connectivity index (χ0n) is 15.2. The largest absolute Gasteiger partial charge is 0.460 e. The number of esters is 1. The quantitative estimate of drug-likeness (QED) is 0.586. The molecule has 0 aliphatic carbocycles. The predicted molar refractivity (Wildman–Crippen MR) is 110 cm³/mol. The monoisotopic (exact) mass is 393 g/mol. The minimum Gasteiger partial charge on any atom is -0.460 e. The summed E-state index contributed by atoms with van der Waals surface area (Å²) in [5, 5.41) is 3.35. The van der Waals surface area contributed by atoms with Crippen LogP contribution in [-0.4, -0.2) is 11.9 Å². The van der Waals surface area contributed by atoms with Crippen LogP contribution in [0.3, 0.4) is 0 Å². The number of amides is 1. The first-order chi connectivity index (χ1) is 13.6. The molecule has 142 valence electrons. The lowest BCUT2D eigenvalue weighted by Crippen LogP contribution is -2.16. The van der Waals surface area contributed by atoms with Crippen LogP contribution in [-0.2, 0) is 33.8 Å². The Bertz CT molecular complexity index is 943. The molecule has 0 spiro atoms. The van der Waals surface area contributed by atoms with Gasteiger partial charge in [0.1, 0.15) is 6.61 Å². The van der Waals surface area contributed by atoms with Gasteiger partial charge in [0.2, 0.25) is 5.91 Å². The van der Waals surface area contributed by atoms with Gasteiger partial charge in [0.25, 0.3) is 0 Å². The molecule has 5 heteroatoms. The molecule has 0 aromatic heterocycles. The zero-order valence-corrected chi connectivity index (χ0v) is 16.0. The van der Waals surface area contributed by atoms with Crippen molar-refractivity contribution in [2.75, 3.05) is 5.32 Å². The summed E-state index contributed by atoms with van der Waals surface area (Å²) in [6.07, 6.45) is 0.449. The van der Waals surface area contributed by atoms with Gasteiger partial charge in [-0.2, -0.15) is 0 Å². The van der Waals surface area contributed by atoms with Crippen molar-refractivity contribution in [2.45, 2.75) is 19.4 Å². The standard InChI is InChI=1S/C23H20ClNO3/c24-20-12-11-19(16-28-23(27)14-18-9-5-2-6-10-18)21(15-20)25-22(26)13-17-7-3-1-4-8-17/h1-12,15H,13-14,16H2,(H,25,26). The second kappa shape index (κ2) is 9.72. The number of ether oxygens (including phenoxy) is 1. The van der Waals surface area contributed by atoms with Crippen LogP contribution in [0.2, 0.25) is 5.02 Å². The molecular formula is C23H20ClNO3. The Morgan fingerprint density at radius 3 is 2.07 bits per heavy atom. The average Bonchev–Trinajstić information content (AvgIpc) is 2.69. The molecular weight excluding hydrogens is 374 g/mol. The number of rotatable bonds is 7. The summed E-state index contributed by atoms with van der Waals surface area (Å²) >= 11 is 6.07. The highest BCUT2D eigenvalue weighted by Gasteiger charge is 2.11. The molecule has 0 saturated heterocycles. The SMILES string of the molecule is O=C(Cc1ccccc1)Nc1cc(Cl)ccc1COC(=O)Cc1ccccc1. The van der Waals surface area contributed by atoms with Gasteiger partial charge in [-0.25, -0.2) is 0 Å². The molecule has 3 aromatic rings. The summed E-state index contributed by atoms with van der Waals surface area (Å²) in [7, 11) is 0. The van der Waals surface area contributed by atoms with Crippen molar-refractivity contribution >= 4 is 29.2 Å². The van der Waals surface area contributed by atoms with E-state index in [1.807, 2.05) is 60.7 Å². The molecule has 4 nitrogen and oxygen atoms in total. The van der Waals surface area contributed by atoms with Crippen LogP contribution in [0, 0.1) is 0 Å². The Morgan fingerprint density at radius 2 is 1.43 bits per heavy atom. The molecule has 28 heavy (non-hydrogen) atoms. The summed E-state index contributed by atoms with van der Waals surface area (Å²) in [6, 6.07) is 24.0.